The van der Waals surface area contributed by atoms with E-state index in [-0.39, 0.29) is 25.4 Å². The summed E-state index contributed by atoms with van der Waals surface area (Å²) >= 11 is 0. The van der Waals surface area contributed by atoms with Crippen molar-refractivity contribution in [3.63, 3.8) is 0 Å². The SMILES string of the molecule is COc1ccc(COCC(O)CNC(=O)COc2ccc([N+](=O)[O-])cc2)cc1. The molecular formula is C19H22N2O7. The van der Waals surface area contributed by atoms with E-state index in [4.69, 9.17) is 14.2 Å². The topological polar surface area (TPSA) is 120 Å². The van der Waals surface area contributed by atoms with Gasteiger partial charge in [-0.05, 0) is 29.8 Å². The molecule has 0 saturated carbocycles. The zero-order chi connectivity index (χ0) is 20.4. The number of rotatable bonds is 11. The lowest BCUT2D eigenvalue weighted by molar-refractivity contribution is -0.384. The third-order valence-corrected chi connectivity index (χ3v) is 3.69. The molecule has 2 N–H and O–H groups in total. The number of nitro groups is 1. The molecule has 1 amide bonds. The van der Waals surface area contributed by atoms with Crippen LogP contribution >= 0.6 is 0 Å². The molecule has 0 fully saturated rings. The molecule has 28 heavy (non-hydrogen) atoms. The number of amides is 1. The predicted octanol–water partition coefficient (Wildman–Crippen LogP) is 1.68. The first kappa shape index (κ1) is 21.1. The average Bonchev–Trinajstić information content (AvgIpc) is 2.71. The number of nitrogens with one attached hydrogen (secondary N) is 1. The maximum Gasteiger partial charge on any atom is 0.269 e. The number of ether oxygens (including phenoxy) is 3. The van der Waals surface area contributed by atoms with Crippen LogP contribution in [-0.2, 0) is 16.1 Å². The van der Waals surface area contributed by atoms with Gasteiger partial charge in [-0.25, -0.2) is 0 Å². The number of non-ortho nitro benzene ring substituents is 1. The minimum Gasteiger partial charge on any atom is -0.497 e. The molecule has 0 radical (unpaired) electrons. The number of methoxy groups -OCH3 is 1. The fourth-order valence-corrected chi connectivity index (χ4v) is 2.19. The lowest BCUT2D eigenvalue weighted by Gasteiger charge is -2.13. The Morgan fingerprint density at radius 1 is 1.14 bits per heavy atom. The molecule has 1 unspecified atom stereocenters. The van der Waals surface area contributed by atoms with E-state index in [1.807, 2.05) is 24.3 Å². The first-order valence-electron chi connectivity index (χ1n) is 8.50. The minimum atomic E-state index is -0.860. The van der Waals surface area contributed by atoms with Gasteiger partial charge in [0.05, 0.1) is 31.4 Å². The summed E-state index contributed by atoms with van der Waals surface area (Å²) in [5.74, 6) is 0.666. The van der Waals surface area contributed by atoms with Crippen LogP contribution < -0.4 is 14.8 Å². The van der Waals surface area contributed by atoms with E-state index in [1.165, 1.54) is 24.3 Å². The quantitative estimate of drug-likeness (QED) is 0.442. The van der Waals surface area contributed by atoms with Gasteiger partial charge in [0.2, 0.25) is 0 Å². The lowest BCUT2D eigenvalue weighted by atomic mass is 10.2. The number of hydrogen-bond acceptors (Lipinski definition) is 7. The highest BCUT2D eigenvalue weighted by Crippen LogP contribution is 2.17. The van der Waals surface area contributed by atoms with Gasteiger partial charge >= 0.3 is 0 Å². The number of hydrogen-bond donors (Lipinski definition) is 2. The van der Waals surface area contributed by atoms with Crippen molar-refractivity contribution in [2.75, 3.05) is 26.9 Å². The lowest BCUT2D eigenvalue weighted by Crippen LogP contribution is -2.37. The number of aliphatic hydroxyl groups excluding tert-OH is 1. The Morgan fingerprint density at radius 2 is 1.79 bits per heavy atom. The van der Waals surface area contributed by atoms with Crippen LogP contribution in [0.3, 0.4) is 0 Å². The molecule has 0 heterocycles. The van der Waals surface area contributed by atoms with Crippen LogP contribution in [0.25, 0.3) is 0 Å². The fourth-order valence-electron chi connectivity index (χ4n) is 2.19. The highest BCUT2D eigenvalue weighted by atomic mass is 16.6. The monoisotopic (exact) mass is 390 g/mol. The number of nitrogens with zero attached hydrogens (tertiary/aromatic N) is 1. The van der Waals surface area contributed by atoms with Crippen LogP contribution in [0.4, 0.5) is 5.69 Å². The van der Waals surface area contributed by atoms with Gasteiger partial charge in [0.25, 0.3) is 11.6 Å². The summed E-state index contributed by atoms with van der Waals surface area (Å²) in [6.07, 6.45) is -0.860. The Bertz CT molecular complexity index is 763. The third-order valence-electron chi connectivity index (χ3n) is 3.69. The molecule has 0 saturated heterocycles. The van der Waals surface area contributed by atoms with E-state index in [9.17, 15) is 20.0 Å². The molecule has 1 atom stereocenters. The molecule has 150 valence electrons. The second kappa shape index (κ2) is 10.9. The number of nitro benzene ring substituents is 1. The van der Waals surface area contributed by atoms with Gasteiger partial charge in [-0.3, -0.25) is 14.9 Å². The summed E-state index contributed by atoms with van der Waals surface area (Å²) in [7, 11) is 1.59. The van der Waals surface area contributed by atoms with E-state index < -0.39 is 16.9 Å². The van der Waals surface area contributed by atoms with E-state index in [1.54, 1.807) is 7.11 Å². The zero-order valence-corrected chi connectivity index (χ0v) is 15.4. The zero-order valence-electron chi connectivity index (χ0n) is 15.4. The minimum absolute atomic E-state index is 0.0189. The van der Waals surface area contributed by atoms with Crippen molar-refractivity contribution in [2.24, 2.45) is 0 Å². The first-order valence-corrected chi connectivity index (χ1v) is 8.50. The third kappa shape index (κ3) is 7.22. The van der Waals surface area contributed by atoms with Crippen molar-refractivity contribution in [1.82, 2.24) is 5.32 Å². The molecule has 2 aromatic rings. The Morgan fingerprint density at radius 3 is 2.39 bits per heavy atom. The van der Waals surface area contributed by atoms with Crippen LogP contribution in [0.15, 0.2) is 48.5 Å². The maximum atomic E-state index is 11.7. The fraction of sp³-hybridized carbons (Fsp3) is 0.316. The summed E-state index contributed by atoms with van der Waals surface area (Å²) in [6.45, 7) is 0.149. The second-order valence-corrected chi connectivity index (χ2v) is 5.86. The van der Waals surface area contributed by atoms with Crippen molar-refractivity contribution in [1.29, 1.82) is 0 Å². The van der Waals surface area contributed by atoms with Crippen molar-refractivity contribution in [2.45, 2.75) is 12.7 Å². The summed E-state index contributed by atoms with van der Waals surface area (Å²) in [5, 5.41) is 23.0. The van der Waals surface area contributed by atoms with Crippen LogP contribution in [0.1, 0.15) is 5.56 Å². The maximum absolute atomic E-state index is 11.7. The summed E-state index contributed by atoms with van der Waals surface area (Å²) in [5.41, 5.74) is 0.878. The highest BCUT2D eigenvalue weighted by molar-refractivity contribution is 5.77. The van der Waals surface area contributed by atoms with E-state index in [0.29, 0.717) is 12.4 Å². The molecule has 0 aliphatic carbocycles. The second-order valence-electron chi connectivity index (χ2n) is 5.86. The number of benzene rings is 2. The van der Waals surface area contributed by atoms with Crippen LogP contribution in [0.2, 0.25) is 0 Å². The largest absolute Gasteiger partial charge is 0.497 e. The van der Waals surface area contributed by atoms with Gasteiger partial charge in [0, 0.05) is 18.7 Å². The van der Waals surface area contributed by atoms with Crippen molar-refractivity contribution in [3.8, 4) is 11.5 Å². The molecule has 0 bridgehead atoms. The first-order chi connectivity index (χ1) is 13.5. The van der Waals surface area contributed by atoms with Crippen LogP contribution in [0, 0.1) is 10.1 Å². The molecule has 0 aliphatic rings. The summed E-state index contributed by atoms with van der Waals surface area (Å²) in [6, 6.07) is 12.8. The van der Waals surface area contributed by atoms with Crippen LogP contribution in [0.5, 0.6) is 11.5 Å². The van der Waals surface area contributed by atoms with Crippen LogP contribution in [-0.4, -0.2) is 48.9 Å². The number of carbonyl (C=O) groups excluding carboxylic acids is 1. The Kier molecular flexibility index (Phi) is 8.19. The van der Waals surface area contributed by atoms with Gasteiger partial charge in [-0.2, -0.15) is 0 Å². The standard InChI is InChI=1S/C19H22N2O7/c1-26-17-6-2-14(3-7-17)11-27-12-16(22)10-20-19(23)13-28-18-8-4-15(5-9-18)21(24)25/h2-9,16,22H,10-13H2,1H3,(H,20,23). The molecule has 2 rings (SSSR count). The Balaban J connectivity index is 1.61. The number of carbonyl (C=O) groups is 1. The molecule has 0 aliphatic heterocycles. The van der Waals surface area contributed by atoms with Crippen molar-refractivity contribution < 1.29 is 29.0 Å². The van der Waals surface area contributed by atoms with Gasteiger partial charge in [0.15, 0.2) is 6.61 Å². The summed E-state index contributed by atoms with van der Waals surface area (Å²) in [4.78, 5) is 21.8. The summed E-state index contributed by atoms with van der Waals surface area (Å²) < 4.78 is 15.7. The van der Waals surface area contributed by atoms with Gasteiger partial charge in [-0.1, -0.05) is 12.1 Å². The smallest absolute Gasteiger partial charge is 0.269 e. The van der Waals surface area contributed by atoms with Gasteiger partial charge in [0.1, 0.15) is 11.5 Å². The normalized spacial score (nSPS) is 11.5. The molecule has 9 heteroatoms. The van der Waals surface area contributed by atoms with E-state index >= 15 is 0 Å². The molecule has 2 aromatic carbocycles. The molecular weight excluding hydrogens is 368 g/mol. The number of aliphatic hydroxyl groups is 1. The molecule has 0 spiro atoms. The Labute approximate surface area is 162 Å². The molecule has 0 aromatic heterocycles. The average molecular weight is 390 g/mol. The Hall–Kier alpha value is -3.17. The van der Waals surface area contributed by atoms with Crippen molar-refractivity contribution >= 4 is 11.6 Å². The van der Waals surface area contributed by atoms with Gasteiger partial charge in [-0.15, -0.1) is 0 Å². The van der Waals surface area contributed by atoms with Gasteiger partial charge < -0.3 is 24.6 Å². The van der Waals surface area contributed by atoms with Crippen molar-refractivity contribution in [3.05, 3.63) is 64.2 Å². The highest BCUT2D eigenvalue weighted by Gasteiger charge is 2.09. The van der Waals surface area contributed by atoms with E-state index in [2.05, 4.69) is 5.32 Å². The van der Waals surface area contributed by atoms with E-state index in [0.717, 1.165) is 11.3 Å². The predicted molar refractivity (Wildman–Crippen MR) is 100 cm³/mol. The molecule has 9 nitrogen and oxygen atoms in total.